The largest absolute Gasteiger partial charge is 0.494 e. The number of carbonyl (C=O) groups excluding carboxylic acids is 1. The number of benzene rings is 2. The molecule has 0 heterocycles. The fraction of sp³-hybridized carbons (Fsp3) is 0.235. The van der Waals surface area contributed by atoms with Gasteiger partial charge in [-0.25, -0.2) is 4.39 Å². The van der Waals surface area contributed by atoms with Crippen molar-refractivity contribution in [3.05, 3.63) is 59.4 Å². The Morgan fingerprint density at radius 3 is 2.52 bits per heavy atom. The van der Waals surface area contributed by atoms with Crippen molar-refractivity contribution >= 4 is 11.6 Å². The fourth-order valence-electron chi connectivity index (χ4n) is 1.84. The second-order valence-corrected chi connectivity index (χ2v) is 4.79. The van der Waals surface area contributed by atoms with Crippen molar-refractivity contribution in [2.75, 3.05) is 11.9 Å². The zero-order valence-electron chi connectivity index (χ0n) is 12.2. The normalized spacial score (nSPS) is 10.2. The number of ether oxygens (including phenoxy) is 1. The molecule has 0 aromatic heterocycles. The molecule has 2 rings (SSSR count). The van der Waals surface area contributed by atoms with Gasteiger partial charge >= 0.3 is 0 Å². The third-order valence-electron chi connectivity index (χ3n) is 3.01. The predicted octanol–water partition coefficient (Wildman–Crippen LogP) is 4.18. The Hall–Kier alpha value is -2.36. The third-order valence-corrected chi connectivity index (χ3v) is 3.01. The molecule has 0 saturated carbocycles. The van der Waals surface area contributed by atoms with Crippen LogP contribution in [0.4, 0.5) is 10.1 Å². The van der Waals surface area contributed by atoms with Crippen molar-refractivity contribution in [1.29, 1.82) is 0 Å². The minimum atomic E-state index is -0.316. The first-order valence-electron chi connectivity index (χ1n) is 6.90. The molecule has 0 spiro atoms. The second kappa shape index (κ2) is 6.88. The van der Waals surface area contributed by atoms with Gasteiger partial charge in [-0.1, -0.05) is 6.92 Å². The van der Waals surface area contributed by atoms with Gasteiger partial charge in [-0.2, -0.15) is 0 Å². The van der Waals surface area contributed by atoms with Crippen LogP contribution in [0.25, 0.3) is 0 Å². The lowest BCUT2D eigenvalue weighted by Gasteiger charge is -2.08. The molecule has 0 atom stereocenters. The van der Waals surface area contributed by atoms with Crippen LogP contribution in [0.3, 0.4) is 0 Å². The first-order valence-corrected chi connectivity index (χ1v) is 6.90. The Balaban J connectivity index is 2.03. The minimum absolute atomic E-state index is 0.264. The lowest BCUT2D eigenvalue weighted by Crippen LogP contribution is -2.12. The van der Waals surface area contributed by atoms with Gasteiger partial charge in [-0.3, -0.25) is 4.79 Å². The molecule has 0 unspecified atom stereocenters. The van der Waals surface area contributed by atoms with Crippen molar-refractivity contribution in [3.8, 4) is 5.75 Å². The first kappa shape index (κ1) is 15.0. The van der Waals surface area contributed by atoms with Crippen molar-refractivity contribution in [3.63, 3.8) is 0 Å². The molecular formula is C17H18FNO2. The molecule has 0 saturated heterocycles. The lowest BCUT2D eigenvalue weighted by atomic mass is 10.1. The molecule has 2 aromatic rings. The summed E-state index contributed by atoms with van der Waals surface area (Å²) in [5, 5.41) is 2.77. The topological polar surface area (TPSA) is 38.3 Å². The molecule has 110 valence electrons. The Bertz CT molecular complexity index is 623. The standard InChI is InChI=1S/C17H18FNO2/c1-3-10-21-15-7-5-14(6-8-15)19-17(20)13-4-9-16(18)12(2)11-13/h4-9,11H,3,10H2,1-2H3,(H,19,20). The molecule has 1 N–H and O–H groups in total. The van der Waals surface area contributed by atoms with E-state index >= 15 is 0 Å². The van der Waals surface area contributed by atoms with Crippen LogP contribution in [0.5, 0.6) is 5.75 Å². The summed E-state index contributed by atoms with van der Waals surface area (Å²) >= 11 is 0. The molecule has 0 aliphatic rings. The maximum Gasteiger partial charge on any atom is 0.255 e. The van der Waals surface area contributed by atoms with Gasteiger partial charge in [0.1, 0.15) is 11.6 Å². The van der Waals surface area contributed by atoms with Crippen molar-refractivity contribution < 1.29 is 13.9 Å². The maximum atomic E-state index is 13.2. The summed E-state index contributed by atoms with van der Waals surface area (Å²) in [5.74, 6) is 0.191. The molecule has 2 aromatic carbocycles. The number of aryl methyl sites for hydroxylation is 1. The molecule has 0 radical (unpaired) electrons. The highest BCUT2D eigenvalue weighted by molar-refractivity contribution is 6.04. The van der Waals surface area contributed by atoms with Gasteiger partial charge in [0, 0.05) is 11.3 Å². The van der Waals surface area contributed by atoms with E-state index in [2.05, 4.69) is 5.32 Å². The average molecular weight is 287 g/mol. The van der Waals surface area contributed by atoms with Gasteiger partial charge in [0.05, 0.1) is 6.61 Å². The van der Waals surface area contributed by atoms with E-state index in [1.165, 1.54) is 18.2 Å². The van der Waals surface area contributed by atoms with E-state index in [0.29, 0.717) is 23.4 Å². The monoisotopic (exact) mass is 287 g/mol. The van der Waals surface area contributed by atoms with Crippen LogP contribution in [0.15, 0.2) is 42.5 Å². The van der Waals surface area contributed by atoms with Gasteiger partial charge in [0.2, 0.25) is 0 Å². The van der Waals surface area contributed by atoms with E-state index in [1.54, 1.807) is 31.2 Å². The molecular weight excluding hydrogens is 269 g/mol. The summed E-state index contributed by atoms with van der Waals surface area (Å²) < 4.78 is 18.7. The summed E-state index contributed by atoms with van der Waals surface area (Å²) in [6.45, 7) is 4.34. The van der Waals surface area contributed by atoms with E-state index in [9.17, 15) is 9.18 Å². The number of hydrogen-bond donors (Lipinski definition) is 1. The lowest BCUT2D eigenvalue weighted by molar-refractivity contribution is 0.102. The van der Waals surface area contributed by atoms with Crippen LogP contribution in [0, 0.1) is 12.7 Å². The number of nitrogens with one attached hydrogen (secondary N) is 1. The third kappa shape index (κ3) is 4.05. The quantitative estimate of drug-likeness (QED) is 0.896. The van der Waals surface area contributed by atoms with Crippen LogP contribution >= 0.6 is 0 Å². The van der Waals surface area contributed by atoms with Gasteiger partial charge < -0.3 is 10.1 Å². The van der Waals surface area contributed by atoms with Crippen LogP contribution in [0.1, 0.15) is 29.3 Å². The summed E-state index contributed by atoms with van der Waals surface area (Å²) in [4.78, 5) is 12.1. The second-order valence-electron chi connectivity index (χ2n) is 4.79. The summed E-state index contributed by atoms with van der Waals surface area (Å²) in [5.41, 5.74) is 1.55. The molecule has 0 aliphatic carbocycles. The van der Waals surface area contributed by atoms with Crippen LogP contribution in [0.2, 0.25) is 0 Å². The van der Waals surface area contributed by atoms with Crippen molar-refractivity contribution in [2.24, 2.45) is 0 Å². The zero-order chi connectivity index (χ0) is 15.2. The Morgan fingerprint density at radius 2 is 1.90 bits per heavy atom. The highest BCUT2D eigenvalue weighted by Gasteiger charge is 2.08. The number of amides is 1. The zero-order valence-corrected chi connectivity index (χ0v) is 12.2. The molecule has 0 aliphatic heterocycles. The van der Waals surface area contributed by atoms with E-state index in [0.717, 1.165) is 12.2 Å². The number of carbonyl (C=O) groups is 1. The van der Waals surface area contributed by atoms with Crippen molar-refractivity contribution in [2.45, 2.75) is 20.3 Å². The Morgan fingerprint density at radius 1 is 1.19 bits per heavy atom. The number of rotatable bonds is 5. The van der Waals surface area contributed by atoms with E-state index in [1.807, 2.05) is 6.92 Å². The van der Waals surface area contributed by atoms with E-state index in [4.69, 9.17) is 4.74 Å². The van der Waals surface area contributed by atoms with Crippen LogP contribution < -0.4 is 10.1 Å². The van der Waals surface area contributed by atoms with Gasteiger partial charge in [0.15, 0.2) is 0 Å². The van der Waals surface area contributed by atoms with Gasteiger partial charge in [-0.05, 0) is 61.4 Å². The molecule has 1 amide bonds. The molecule has 4 heteroatoms. The number of halogens is 1. The van der Waals surface area contributed by atoms with Gasteiger partial charge in [0.25, 0.3) is 5.91 Å². The smallest absolute Gasteiger partial charge is 0.255 e. The first-order chi connectivity index (χ1) is 10.1. The summed E-state index contributed by atoms with van der Waals surface area (Å²) in [6, 6.07) is 11.5. The number of hydrogen-bond acceptors (Lipinski definition) is 2. The Kier molecular flexibility index (Phi) is 4.93. The molecule has 3 nitrogen and oxygen atoms in total. The molecule has 0 fully saturated rings. The van der Waals surface area contributed by atoms with Crippen LogP contribution in [-0.2, 0) is 0 Å². The fourth-order valence-corrected chi connectivity index (χ4v) is 1.84. The number of anilines is 1. The summed E-state index contributed by atoms with van der Waals surface area (Å²) in [6.07, 6.45) is 0.947. The summed E-state index contributed by atoms with van der Waals surface area (Å²) in [7, 11) is 0. The highest BCUT2D eigenvalue weighted by atomic mass is 19.1. The maximum absolute atomic E-state index is 13.2. The van der Waals surface area contributed by atoms with Gasteiger partial charge in [-0.15, -0.1) is 0 Å². The van der Waals surface area contributed by atoms with Crippen molar-refractivity contribution in [1.82, 2.24) is 0 Å². The SMILES string of the molecule is CCCOc1ccc(NC(=O)c2ccc(F)c(C)c2)cc1. The average Bonchev–Trinajstić information content (AvgIpc) is 2.49. The minimum Gasteiger partial charge on any atom is -0.494 e. The predicted molar refractivity (Wildman–Crippen MR) is 81.3 cm³/mol. The highest BCUT2D eigenvalue weighted by Crippen LogP contribution is 2.17. The molecule has 0 bridgehead atoms. The van der Waals surface area contributed by atoms with Crippen LogP contribution in [-0.4, -0.2) is 12.5 Å². The van der Waals surface area contributed by atoms with E-state index in [-0.39, 0.29) is 11.7 Å². The van der Waals surface area contributed by atoms with E-state index < -0.39 is 0 Å². The Labute approximate surface area is 123 Å². The molecule has 21 heavy (non-hydrogen) atoms.